The van der Waals surface area contributed by atoms with Crippen LogP contribution in [-0.2, 0) is 16.2 Å². The van der Waals surface area contributed by atoms with Gasteiger partial charge in [-0.15, -0.1) is 0 Å². The van der Waals surface area contributed by atoms with Gasteiger partial charge in [0.1, 0.15) is 23.0 Å². The summed E-state index contributed by atoms with van der Waals surface area (Å²) in [5.41, 5.74) is 23.7. The Morgan fingerprint density at radius 3 is 0.949 bits per heavy atom. The molecule has 3 aliphatic carbocycles. The van der Waals surface area contributed by atoms with Gasteiger partial charge >= 0.3 is 0 Å². The zero-order chi connectivity index (χ0) is 51.6. The second-order valence-corrected chi connectivity index (χ2v) is 22.8. The van der Waals surface area contributed by atoms with Crippen molar-refractivity contribution >= 4 is 28.8 Å². The van der Waals surface area contributed by atoms with E-state index in [9.17, 15) is 0 Å². The van der Waals surface area contributed by atoms with Crippen molar-refractivity contribution in [3.05, 3.63) is 340 Å². The van der Waals surface area contributed by atoms with Crippen LogP contribution >= 0.6 is 11.8 Å². The molecule has 0 saturated carbocycles. The van der Waals surface area contributed by atoms with Crippen LogP contribution < -0.4 is 14.4 Å². The molecule has 0 saturated heterocycles. The average Bonchev–Trinajstić information content (AvgIpc) is 3.29. The summed E-state index contributed by atoms with van der Waals surface area (Å²) in [5.74, 6) is 3.51. The highest BCUT2D eigenvalue weighted by Gasteiger charge is 2.54. The number of hydrogen-bond donors (Lipinski definition) is 0. The summed E-state index contributed by atoms with van der Waals surface area (Å²) in [6.07, 6.45) is 0. The molecule has 0 bridgehead atoms. The molecule has 0 fully saturated rings. The zero-order valence-electron chi connectivity index (χ0n) is 42.7. The van der Waals surface area contributed by atoms with Crippen molar-refractivity contribution in [1.82, 2.24) is 0 Å². The van der Waals surface area contributed by atoms with Crippen LogP contribution in [-0.4, -0.2) is 0 Å². The number of ether oxygens (including phenoxy) is 2. The van der Waals surface area contributed by atoms with E-state index in [1.807, 2.05) is 11.8 Å². The maximum Gasteiger partial charge on any atom is 0.132 e. The minimum atomic E-state index is -0.652. The first kappa shape index (κ1) is 43.5. The van der Waals surface area contributed by atoms with Crippen molar-refractivity contribution in [2.24, 2.45) is 0 Å². The van der Waals surface area contributed by atoms with Gasteiger partial charge in [-0.25, -0.2) is 0 Å². The summed E-state index contributed by atoms with van der Waals surface area (Å²) >= 11 is 1.88. The number of para-hydroxylation sites is 4. The van der Waals surface area contributed by atoms with Crippen molar-refractivity contribution in [2.75, 3.05) is 4.90 Å². The predicted molar refractivity (Wildman–Crippen MR) is 317 cm³/mol. The Balaban J connectivity index is 0.932. The van der Waals surface area contributed by atoms with Gasteiger partial charge in [0.2, 0.25) is 0 Å². The summed E-state index contributed by atoms with van der Waals surface area (Å²) in [6.45, 7) is 0. The predicted octanol–water partition coefficient (Wildman–Crippen LogP) is 18.9. The quantitative estimate of drug-likeness (QED) is 0.176. The topological polar surface area (TPSA) is 21.7 Å². The van der Waals surface area contributed by atoms with E-state index < -0.39 is 16.2 Å². The van der Waals surface area contributed by atoms with Crippen molar-refractivity contribution in [3.63, 3.8) is 0 Å². The van der Waals surface area contributed by atoms with Crippen molar-refractivity contribution in [3.8, 4) is 56.4 Å². The molecule has 3 spiro atoms. The summed E-state index contributed by atoms with van der Waals surface area (Å²) in [4.78, 5) is 5.13. The van der Waals surface area contributed by atoms with Gasteiger partial charge in [-0.1, -0.05) is 212 Å². The first-order chi connectivity index (χ1) is 39.2. The smallest absolute Gasteiger partial charge is 0.132 e. The van der Waals surface area contributed by atoms with E-state index in [4.69, 9.17) is 9.47 Å². The average molecular weight is 1020 g/mol. The molecule has 12 aromatic rings. The molecule has 12 aromatic carbocycles. The molecule has 18 rings (SSSR count). The van der Waals surface area contributed by atoms with E-state index in [0.717, 1.165) is 62.3 Å². The number of hydrogen-bond acceptors (Lipinski definition) is 4. The minimum absolute atomic E-state index is 0.501. The molecule has 0 atom stereocenters. The number of fused-ring (bicyclic) bond motifs is 27. The highest BCUT2D eigenvalue weighted by atomic mass is 32.2. The molecular weight excluding hydrogens is 979 g/mol. The van der Waals surface area contributed by atoms with Gasteiger partial charge in [0.05, 0.1) is 16.2 Å². The molecule has 3 aliphatic heterocycles. The molecule has 0 aromatic heterocycles. The van der Waals surface area contributed by atoms with E-state index >= 15 is 0 Å². The van der Waals surface area contributed by atoms with Crippen molar-refractivity contribution in [2.45, 2.75) is 26.0 Å². The molecule has 3 heterocycles. The van der Waals surface area contributed by atoms with Crippen LogP contribution in [0.3, 0.4) is 0 Å². The first-order valence-electron chi connectivity index (χ1n) is 27.3. The fourth-order valence-electron chi connectivity index (χ4n) is 15.4. The summed E-state index contributed by atoms with van der Waals surface area (Å²) in [7, 11) is 0. The lowest BCUT2D eigenvalue weighted by atomic mass is 9.66. The summed E-state index contributed by atoms with van der Waals surface area (Å²) < 4.78 is 13.7. The van der Waals surface area contributed by atoms with Crippen molar-refractivity contribution < 1.29 is 9.47 Å². The first-order valence-corrected chi connectivity index (χ1v) is 28.1. The van der Waals surface area contributed by atoms with Crippen LogP contribution in [0.5, 0.6) is 23.0 Å². The molecule has 0 unspecified atom stereocenters. The molecule has 0 amide bonds. The van der Waals surface area contributed by atoms with Crippen LogP contribution in [0.1, 0.15) is 66.8 Å². The Hall–Kier alpha value is -9.61. The Kier molecular flexibility index (Phi) is 8.67. The SMILES string of the molecule is c1ccc2c(c1)Oc1ccccc1C21c2ccccc2-c2ccc(N(c3ccc4c(c3)-c3ccccc3C43c4ccccc4Sc4ccccc43)c3ccc4c(c3)C3(c5ccccc5Oc5ccccc53)c3ccccc3-4)cc21. The fraction of sp³-hybridized carbons (Fsp3) is 0.0400. The van der Waals surface area contributed by atoms with Crippen LogP contribution in [0.15, 0.2) is 283 Å². The molecule has 6 aliphatic rings. The number of nitrogens with zero attached hydrogens (tertiary/aromatic N) is 1. The zero-order valence-corrected chi connectivity index (χ0v) is 43.5. The largest absolute Gasteiger partial charge is 0.457 e. The van der Waals surface area contributed by atoms with Gasteiger partial charge in [-0.05, 0) is 151 Å². The Morgan fingerprint density at radius 1 is 0.228 bits per heavy atom. The lowest BCUT2D eigenvalue weighted by molar-refractivity contribution is 0.436. The van der Waals surface area contributed by atoms with Crippen LogP contribution in [0, 0.1) is 0 Å². The highest BCUT2D eigenvalue weighted by Crippen LogP contribution is 2.67. The number of rotatable bonds is 3. The van der Waals surface area contributed by atoms with Crippen LogP contribution in [0.25, 0.3) is 33.4 Å². The van der Waals surface area contributed by atoms with E-state index in [0.29, 0.717) is 0 Å². The molecular formula is C75H45NO2S. The molecule has 79 heavy (non-hydrogen) atoms. The Morgan fingerprint density at radius 2 is 0.519 bits per heavy atom. The maximum atomic E-state index is 6.83. The van der Waals surface area contributed by atoms with Gasteiger partial charge in [0.15, 0.2) is 0 Å². The monoisotopic (exact) mass is 1020 g/mol. The molecule has 368 valence electrons. The van der Waals surface area contributed by atoms with E-state index in [1.54, 1.807) is 0 Å². The van der Waals surface area contributed by atoms with Gasteiger partial charge in [-0.2, -0.15) is 0 Å². The third-order valence-corrected chi connectivity index (χ3v) is 19.4. The van der Waals surface area contributed by atoms with Gasteiger partial charge in [0.25, 0.3) is 0 Å². The standard InChI is InChI=1S/C75H45NO2S/c1-4-22-55-49(19-1)52-40-37-47(44-65(52)74(55)59-25-7-13-31-67(59)77-68-32-14-8-26-60(68)74)76(46-39-42-58-54(43-46)51-21-3-6-24-57(51)73(58)63-29-11-17-35-71(63)79-72-36-18-12-30-64(72)73)48-38-41-53-50-20-2-5-23-56(50)75(66(53)45-48)61-27-9-15-33-69(61)78-70-34-16-10-28-62(70)75/h1-45H. The minimum Gasteiger partial charge on any atom is -0.457 e. The van der Waals surface area contributed by atoms with Gasteiger partial charge in [0, 0.05) is 49.1 Å². The molecule has 0 radical (unpaired) electrons. The van der Waals surface area contributed by atoms with E-state index in [1.165, 1.54) is 87.7 Å². The molecule has 3 nitrogen and oxygen atoms in total. The van der Waals surface area contributed by atoms with E-state index in [2.05, 4.69) is 278 Å². The lowest BCUT2D eigenvalue weighted by Gasteiger charge is -2.40. The Labute approximate surface area is 462 Å². The third kappa shape index (κ3) is 5.39. The number of benzene rings is 12. The summed E-state index contributed by atoms with van der Waals surface area (Å²) in [5, 5.41) is 0. The second kappa shape index (κ2) is 15.8. The molecule has 4 heteroatoms. The summed E-state index contributed by atoms with van der Waals surface area (Å²) in [6, 6.07) is 102. The highest BCUT2D eigenvalue weighted by molar-refractivity contribution is 7.99. The second-order valence-electron chi connectivity index (χ2n) is 21.7. The van der Waals surface area contributed by atoms with Gasteiger partial charge in [-0.3, -0.25) is 0 Å². The molecule has 0 N–H and O–H groups in total. The Bertz CT molecular complexity index is 4310. The lowest BCUT2D eigenvalue weighted by Crippen LogP contribution is -2.32. The fourth-order valence-corrected chi connectivity index (χ4v) is 16.6. The normalized spacial score (nSPS) is 15.3. The van der Waals surface area contributed by atoms with Crippen molar-refractivity contribution in [1.29, 1.82) is 0 Å². The number of anilines is 3. The van der Waals surface area contributed by atoms with Crippen LogP contribution in [0.2, 0.25) is 0 Å². The van der Waals surface area contributed by atoms with Crippen LogP contribution in [0.4, 0.5) is 17.1 Å². The van der Waals surface area contributed by atoms with Gasteiger partial charge < -0.3 is 14.4 Å². The third-order valence-electron chi connectivity index (χ3n) is 18.3. The maximum absolute atomic E-state index is 6.83. The van der Waals surface area contributed by atoms with E-state index in [-0.39, 0.29) is 0 Å².